The fourth-order valence-corrected chi connectivity index (χ4v) is 2.56. The van der Waals surface area contributed by atoms with Crippen molar-refractivity contribution < 1.29 is 0 Å². The van der Waals surface area contributed by atoms with Crippen molar-refractivity contribution in [3.63, 3.8) is 0 Å². The largest absolute Gasteiger partial charge is 0.355 e. The molecule has 0 amide bonds. The number of aromatic nitrogens is 4. The lowest BCUT2D eigenvalue weighted by atomic mass is 10.2. The van der Waals surface area contributed by atoms with Crippen molar-refractivity contribution in [2.45, 2.75) is 26.2 Å². The van der Waals surface area contributed by atoms with Crippen LogP contribution >= 0.6 is 0 Å². The summed E-state index contributed by atoms with van der Waals surface area (Å²) >= 11 is 0. The molecule has 6 heteroatoms. The Balaban J connectivity index is 2.11. The molecule has 0 spiro atoms. The predicted octanol–water partition coefficient (Wildman–Crippen LogP) is 2.42. The number of para-hydroxylation sites is 1. The molecule has 116 valence electrons. The number of anilines is 1. The lowest BCUT2D eigenvalue weighted by Crippen LogP contribution is -2.15. The molecule has 0 saturated carbocycles. The van der Waals surface area contributed by atoms with Gasteiger partial charge >= 0.3 is 0 Å². The molecule has 0 saturated heterocycles. The molecule has 0 atom stereocenters. The fraction of sp³-hybridized carbons (Fsp3) is 0.438. The Hall–Kier alpha value is -2.21. The van der Waals surface area contributed by atoms with Gasteiger partial charge < -0.3 is 10.6 Å². The van der Waals surface area contributed by atoms with E-state index in [4.69, 9.17) is 4.98 Å². The second kappa shape index (κ2) is 6.27. The molecular weight excluding hydrogens is 276 g/mol. The van der Waals surface area contributed by atoms with Crippen molar-refractivity contribution in [1.82, 2.24) is 24.9 Å². The number of rotatable bonds is 6. The molecule has 3 rings (SSSR count). The second-order valence-corrected chi connectivity index (χ2v) is 5.71. The molecule has 0 aliphatic rings. The summed E-state index contributed by atoms with van der Waals surface area (Å²) in [6, 6.07) is 8.06. The number of nitrogens with one attached hydrogen (secondary N) is 2. The quantitative estimate of drug-likeness (QED) is 0.684. The fourth-order valence-electron chi connectivity index (χ4n) is 2.56. The average Bonchev–Trinajstić information content (AvgIpc) is 2.97. The van der Waals surface area contributed by atoms with Gasteiger partial charge in [-0.15, -0.1) is 10.2 Å². The van der Waals surface area contributed by atoms with Crippen LogP contribution in [0.5, 0.6) is 0 Å². The highest BCUT2D eigenvalue weighted by Crippen LogP contribution is 2.24. The van der Waals surface area contributed by atoms with Crippen LogP contribution in [0.2, 0.25) is 0 Å². The normalized spacial score (nSPS) is 11.6. The van der Waals surface area contributed by atoms with E-state index in [1.54, 1.807) is 0 Å². The SMILES string of the molecule is CNCCCNc1nc2ccccc2c2nnc(C(C)C)n12. The summed E-state index contributed by atoms with van der Waals surface area (Å²) in [4.78, 5) is 4.77. The predicted molar refractivity (Wildman–Crippen MR) is 89.4 cm³/mol. The summed E-state index contributed by atoms with van der Waals surface area (Å²) in [7, 11) is 1.96. The number of hydrogen-bond acceptors (Lipinski definition) is 5. The van der Waals surface area contributed by atoms with E-state index in [0.29, 0.717) is 0 Å². The summed E-state index contributed by atoms with van der Waals surface area (Å²) in [6.07, 6.45) is 1.03. The molecule has 0 fully saturated rings. The Labute approximate surface area is 130 Å². The highest BCUT2D eigenvalue weighted by molar-refractivity contribution is 5.92. The summed E-state index contributed by atoms with van der Waals surface area (Å²) < 4.78 is 2.05. The Bertz CT molecular complexity index is 777. The molecule has 22 heavy (non-hydrogen) atoms. The van der Waals surface area contributed by atoms with Gasteiger partial charge in [0, 0.05) is 17.8 Å². The van der Waals surface area contributed by atoms with Gasteiger partial charge in [0.15, 0.2) is 5.65 Å². The zero-order valence-corrected chi connectivity index (χ0v) is 13.3. The van der Waals surface area contributed by atoms with E-state index in [9.17, 15) is 0 Å². The minimum Gasteiger partial charge on any atom is -0.355 e. The topological polar surface area (TPSA) is 67.1 Å². The van der Waals surface area contributed by atoms with Crippen LogP contribution in [-0.2, 0) is 0 Å². The van der Waals surface area contributed by atoms with E-state index in [1.165, 1.54) is 0 Å². The van der Waals surface area contributed by atoms with Crippen molar-refractivity contribution in [3.8, 4) is 0 Å². The van der Waals surface area contributed by atoms with E-state index < -0.39 is 0 Å². The molecule has 1 aromatic carbocycles. The molecule has 0 bridgehead atoms. The number of nitrogens with zero attached hydrogens (tertiary/aromatic N) is 4. The molecule has 0 radical (unpaired) electrons. The first kappa shape index (κ1) is 14.7. The summed E-state index contributed by atoms with van der Waals surface area (Å²) in [5, 5.41) is 16.4. The smallest absolute Gasteiger partial charge is 0.210 e. The van der Waals surface area contributed by atoms with Gasteiger partial charge in [0.25, 0.3) is 0 Å². The van der Waals surface area contributed by atoms with E-state index in [2.05, 4.69) is 34.7 Å². The molecular formula is C16H22N6. The van der Waals surface area contributed by atoms with E-state index in [1.807, 2.05) is 35.7 Å². The average molecular weight is 298 g/mol. The zero-order chi connectivity index (χ0) is 15.5. The van der Waals surface area contributed by atoms with Crippen LogP contribution in [0.25, 0.3) is 16.6 Å². The highest BCUT2D eigenvalue weighted by Gasteiger charge is 2.16. The standard InChI is InChI=1S/C16H22N6/c1-11(2)14-20-21-15-12-7-4-5-8-13(12)19-16(22(14)15)18-10-6-9-17-3/h4-5,7-8,11,17H,6,9-10H2,1-3H3,(H,18,19). The van der Waals surface area contributed by atoms with Crippen molar-refractivity contribution >= 4 is 22.5 Å². The maximum absolute atomic E-state index is 4.77. The third-order valence-corrected chi connectivity index (χ3v) is 3.67. The number of benzene rings is 1. The molecule has 2 N–H and O–H groups in total. The molecule has 0 aliphatic carbocycles. The van der Waals surface area contributed by atoms with Crippen LogP contribution in [0.15, 0.2) is 24.3 Å². The molecule has 2 aromatic heterocycles. The van der Waals surface area contributed by atoms with Gasteiger partial charge in [-0.05, 0) is 32.1 Å². The first-order valence-electron chi connectivity index (χ1n) is 7.74. The van der Waals surface area contributed by atoms with Gasteiger partial charge in [-0.3, -0.25) is 0 Å². The first-order chi connectivity index (χ1) is 10.7. The summed E-state index contributed by atoms with van der Waals surface area (Å²) in [5.74, 6) is 2.04. The molecule has 2 heterocycles. The van der Waals surface area contributed by atoms with Gasteiger partial charge in [-0.2, -0.15) is 0 Å². The minimum atomic E-state index is 0.288. The van der Waals surface area contributed by atoms with Gasteiger partial charge in [0.2, 0.25) is 5.95 Å². The third kappa shape index (κ3) is 2.62. The summed E-state index contributed by atoms with van der Waals surface area (Å²) in [6.45, 7) is 6.08. The van der Waals surface area contributed by atoms with Gasteiger partial charge in [-0.25, -0.2) is 9.38 Å². The van der Waals surface area contributed by atoms with E-state index in [-0.39, 0.29) is 5.92 Å². The minimum absolute atomic E-state index is 0.288. The maximum Gasteiger partial charge on any atom is 0.210 e. The van der Waals surface area contributed by atoms with Gasteiger partial charge in [-0.1, -0.05) is 26.0 Å². The molecule has 0 aliphatic heterocycles. The maximum atomic E-state index is 4.77. The van der Waals surface area contributed by atoms with Crippen molar-refractivity contribution in [2.24, 2.45) is 0 Å². The number of hydrogen-bond donors (Lipinski definition) is 2. The zero-order valence-electron chi connectivity index (χ0n) is 13.3. The van der Waals surface area contributed by atoms with Gasteiger partial charge in [0.1, 0.15) is 5.82 Å². The van der Waals surface area contributed by atoms with Crippen molar-refractivity contribution in [1.29, 1.82) is 0 Å². The molecule has 3 aromatic rings. The van der Waals surface area contributed by atoms with Crippen LogP contribution in [0, 0.1) is 0 Å². The monoisotopic (exact) mass is 298 g/mol. The van der Waals surface area contributed by atoms with Gasteiger partial charge in [0.05, 0.1) is 5.52 Å². The van der Waals surface area contributed by atoms with Crippen LogP contribution in [0.3, 0.4) is 0 Å². The highest BCUT2D eigenvalue weighted by atomic mass is 15.3. The molecule has 0 unspecified atom stereocenters. The van der Waals surface area contributed by atoms with Crippen LogP contribution in [0.1, 0.15) is 32.0 Å². The number of fused-ring (bicyclic) bond motifs is 3. The Kier molecular flexibility index (Phi) is 4.20. The van der Waals surface area contributed by atoms with Crippen molar-refractivity contribution in [3.05, 3.63) is 30.1 Å². The summed E-state index contributed by atoms with van der Waals surface area (Å²) in [5.41, 5.74) is 1.80. The lowest BCUT2D eigenvalue weighted by Gasteiger charge is -2.12. The Morgan fingerprint density at radius 1 is 1.14 bits per heavy atom. The van der Waals surface area contributed by atoms with Crippen molar-refractivity contribution in [2.75, 3.05) is 25.5 Å². The third-order valence-electron chi connectivity index (χ3n) is 3.67. The second-order valence-electron chi connectivity index (χ2n) is 5.71. The van der Waals surface area contributed by atoms with Crippen LogP contribution in [-0.4, -0.2) is 39.7 Å². The van der Waals surface area contributed by atoms with E-state index >= 15 is 0 Å². The Morgan fingerprint density at radius 3 is 2.73 bits per heavy atom. The van der Waals surface area contributed by atoms with Crippen LogP contribution < -0.4 is 10.6 Å². The van der Waals surface area contributed by atoms with E-state index in [0.717, 1.165) is 47.8 Å². The Morgan fingerprint density at radius 2 is 1.95 bits per heavy atom. The molecule has 6 nitrogen and oxygen atoms in total. The first-order valence-corrected chi connectivity index (χ1v) is 7.74. The lowest BCUT2D eigenvalue weighted by molar-refractivity contribution is 0.735. The van der Waals surface area contributed by atoms with Crippen LogP contribution in [0.4, 0.5) is 5.95 Å².